The molecule has 8 heteroatoms. The van der Waals surface area contributed by atoms with Crippen LogP contribution in [0.2, 0.25) is 0 Å². The van der Waals surface area contributed by atoms with E-state index in [9.17, 15) is 14.0 Å². The predicted octanol–water partition coefficient (Wildman–Crippen LogP) is 4.15. The number of likely N-dealkylation sites (N-methyl/N-ethyl adjacent to an activating group) is 1. The number of hydrogen-bond donors (Lipinski definition) is 0. The highest BCUT2D eigenvalue weighted by Gasteiger charge is 2.67. The Balaban J connectivity index is 1.72. The molecule has 36 heavy (non-hydrogen) atoms. The van der Waals surface area contributed by atoms with Gasteiger partial charge in [-0.1, -0.05) is 36.4 Å². The Labute approximate surface area is 207 Å². The van der Waals surface area contributed by atoms with E-state index in [4.69, 9.17) is 14.6 Å². The quantitative estimate of drug-likeness (QED) is 0.524. The molecule has 6 rings (SSSR count). The van der Waals surface area contributed by atoms with Gasteiger partial charge in [0.15, 0.2) is 11.1 Å². The van der Waals surface area contributed by atoms with Crippen molar-refractivity contribution in [2.45, 2.75) is 11.5 Å². The summed E-state index contributed by atoms with van der Waals surface area (Å²) in [5.74, 6) is -1.06. The number of nitrogens with zero attached hydrogens (tertiary/aromatic N) is 3. The smallest absolute Gasteiger partial charge is 0.355 e. The van der Waals surface area contributed by atoms with Gasteiger partial charge >= 0.3 is 5.97 Å². The lowest BCUT2D eigenvalue weighted by molar-refractivity contribution is -0.134. The Hall–Kier alpha value is -4.46. The van der Waals surface area contributed by atoms with Crippen LogP contribution in [-0.4, -0.2) is 43.9 Å². The van der Waals surface area contributed by atoms with Gasteiger partial charge in [0.1, 0.15) is 17.6 Å². The van der Waals surface area contributed by atoms with Crippen molar-refractivity contribution >= 4 is 35.0 Å². The number of amides is 1. The Morgan fingerprint density at radius 2 is 1.83 bits per heavy atom. The number of anilines is 1. The Morgan fingerprint density at radius 1 is 1.06 bits per heavy atom. The first-order valence-electron chi connectivity index (χ1n) is 11.4. The summed E-state index contributed by atoms with van der Waals surface area (Å²) in [7, 11) is 4.43. The molecule has 2 atom stereocenters. The Bertz CT molecular complexity index is 1500. The predicted molar refractivity (Wildman–Crippen MR) is 133 cm³/mol. The van der Waals surface area contributed by atoms with Crippen LogP contribution in [0.15, 0.2) is 71.8 Å². The number of methoxy groups -OCH3 is 2. The molecule has 0 aromatic heterocycles. The molecule has 3 aliphatic heterocycles. The zero-order chi connectivity index (χ0) is 25.2. The minimum absolute atomic E-state index is 0.0892. The fourth-order valence-electron chi connectivity index (χ4n) is 5.60. The third-order valence-corrected chi connectivity index (χ3v) is 7.20. The largest absolute Gasteiger partial charge is 0.497 e. The zero-order valence-corrected chi connectivity index (χ0v) is 19.9. The van der Waals surface area contributed by atoms with E-state index < -0.39 is 23.2 Å². The molecular weight excluding hydrogens is 461 g/mol. The molecule has 0 radical (unpaired) electrons. The van der Waals surface area contributed by atoms with Crippen LogP contribution >= 0.6 is 0 Å². The van der Waals surface area contributed by atoms with E-state index >= 15 is 0 Å². The summed E-state index contributed by atoms with van der Waals surface area (Å²) in [5.41, 5.74) is 2.30. The van der Waals surface area contributed by atoms with Gasteiger partial charge in [0, 0.05) is 18.3 Å². The van der Waals surface area contributed by atoms with Crippen LogP contribution in [0.1, 0.15) is 28.3 Å². The monoisotopic (exact) mass is 483 g/mol. The van der Waals surface area contributed by atoms with Crippen molar-refractivity contribution in [3.8, 4) is 5.75 Å². The highest BCUT2D eigenvalue weighted by molar-refractivity contribution is 6.48. The lowest BCUT2D eigenvalue weighted by Crippen LogP contribution is -2.51. The van der Waals surface area contributed by atoms with Crippen molar-refractivity contribution in [3.05, 3.63) is 94.8 Å². The molecule has 0 aliphatic carbocycles. The van der Waals surface area contributed by atoms with Crippen LogP contribution < -0.4 is 9.64 Å². The Kier molecular flexibility index (Phi) is 4.76. The summed E-state index contributed by atoms with van der Waals surface area (Å²) >= 11 is 0. The van der Waals surface area contributed by atoms with E-state index in [1.54, 1.807) is 25.2 Å². The molecule has 3 aliphatic rings. The number of fused-ring (bicyclic) bond motifs is 6. The number of benzene rings is 3. The molecule has 0 fully saturated rings. The number of rotatable bonds is 3. The van der Waals surface area contributed by atoms with Gasteiger partial charge in [-0.05, 0) is 53.1 Å². The van der Waals surface area contributed by atoms with Gasteiger partial charge < -0.3 is 14.4 Å². The maximum absolute atomic E-state index is 14.7. The van der Waals surface area contributed by atoms with E-state index in [0.29, 0.717) is 22.7 Å². The van der Waals surface area contributed by atoms with E-state index in [0.717, 1.165) is 16.7 Å². The minimum Gasteiger partial charge on any atom is -0.497 e. The highest BCUT2D eigenvalue weighted by Crippen LogP contribution is 2.59. The first kappa shape index (κ1) is 22.0. The lowest BCUT2D eigenvalue weighted by atomic mass is 9.68. The minimum atomic E-state index is -1.63. The highest BCUT2D eigenvalue weighted by atomic mass is 19.1. The van der Waals surface area contributed by atoms with Crippen LogP contribution in [0.4, 0.5) is 10.1 Å². The van der Waals surface area contributed by atoms with E-state index in [1.165, 1.54) is 24.1 Å². The van der Waals surface area contributed by atoms with Gasteiger partial charge in [0.25, 0.3) is 0 Å². The maximum Gasteiger partial charge on any atom is 0.355 e. The SMILES string of the molecule is COC(=O)C1=NN2C(c3ccccc3)=Cc3ccc(OC)cc3[C@H]2[C@]12C(=O)N(C)c1ccc(F)cc12. The number of esters is 1. The van der Waals surface area contributed by atoms with E-state index in [-0.39, 0.29) is 11.6 Å². The molecule has 0 N–H and O–H groups in total. The first-order chi connectivity index (χ1) is 17.4. The molecule has 180 valence electrons. The van der Waals surface area contributed by atoms with Crippen LogP contribution in [0.25, 0.3) is 11.8 Å². The molecule has 7 nitrogen and oxygen atoms in total. The molecule has 3 heterocycles. The zero-order valence-electron chi connectivity index (χ0n) is 19.9. The van der Waals surface area contributed by atoms with Crippen molar-refractivity contribution in [1.29, 1.82) is 0 Å². The van der Waals surface area contributed by atoms with Crippen LogP contribution in [0.3, 0.4) is 0 Å². The number of carbonyl (C=O) groups is 2. The average molecular weight is 483 g/mol. The Morgan fingerprint density at radius 3 is 2.56 bits per heavy atom. The third-order valence-electron chi connectivity index (χ3n) is 7.20. The molecule has 1 spiro atoms. The third kappa shape index (κ3) is 2.75. The summed E-state index contributed by atoms with van der Waals surface area (Å²) in [6.45, 7) is 0. The standard InChI is InChI=1S/C28H22FN3O4/c1-31-22-12-10-18(29)14-21(22)28(27(31)34)24(26(33)36-3)30-32-23(16-7-5-4-6-8-16)13-17-9-11-19(35-2)15-20(17)25(28)32/h4-15,25H,1-3H3/t25-,28+/m0/s1. The summed E-state index contributed by atoms with van der Waals surface area (Å²) in [5, 5.41) is 6.43. The lowest BCUT2D eigenvalue weighted by Gasteiger charge is -2.39. The molecule has 3 aromatic carbocycles. The number of hydrazone groups is 1. The van der Waals surface area contributed by atoms with Gasteiger partial charge in [-0.25, -0.2) is 9.18 Å². The molecule has 0 bridgehead atoms. The number of carbonyl (C=O) groups excluding carboxylic acids is 2. The van der Waals surface area contributed by atoms with Crippen LogP contribution in [-0.2, 0) is 19.7 Å². The fraction of sp³-hybridized carbons (Fsp3) is 0.179. The molecule has 0 saturated heterocycles. The van der Waals surface area contributed by atoms with E-state index in [2.05, 4.69) is 0 Å². The molecule has 0 saturated carbocycles. The molecule has 0 unspecified atom stereocenters. The number of halogens is 1. The van der Waals surface area contributed by atoms with Crippen molar-refractivity contribution in [3.63, 3.8) is 0 Å². The summed E-state index contributed by atoms with van der Waals surface area (Å²) in [4.78, 5) is 28.9. The van der Waals surface area contributed by atoms with Gasteiger partial charge in [-0.2, -0.15) is 5.10 Å². The first-order valence-corrected chi connectivity index (χ1v) is 11.4. The normalized spacial score (nSPS) is 21.6. The van der Waals surface area contributed by atoms with Crippen molar-refractivity contribution < 1.29 is 23.5 Å². The van der Waals surface area contributed by atoms with Gasteiger partial charge in [-0.3, -0.25) is 9.80 Å². The molecular formula is C28H22FN3O4. The molecule has 3 aromatic rings. The number of ether oxygens (including phenoxy) is 2. The topological polar surface area (TPSA) is 71.4 Å². The second-order valence-corrected chi connectivity index (χ2v) is 8.91. The van der Waals surface area contributed by atoms with Crippen LogP contribution in [0.5, 0.6) is 5.75 Å². The van der Waals surface area contributed by atoms with Crippen LogP contribution in [0, 0.1) is 5.82 Å². The second kappa shape index (κ2) is 7.78. The summed E-state index contributed by atoms with van der Waals surface area (Å²) < 4.78 is 25.3. The second-order valence-electron chi connectivity index (χ2n) is 8.91. The van der Waals surface area contributed by atoms with Crippen molar-refractivity contribution in [2.24, 2.45) is 5.10 Å². The number of hydrogen-bond acceptors (Lipinski definition) is 6. The fourth-order valence-corrected chi connectivity index (χ4v) is 5.60. The van der Waals surface area contributed by atoms with Gasteiger partial charge in [0.2, 0.25) is 5.91 Å². The molecule has 1 amide bonds. The van der Waals surface area contributed by atoms with Gasteiger partial charge in [-0.15, -0.1) is 0 Å². The average Bonchev–Trinajstić information content (AvgIpc) is 3.38. The van der Waals surface area contributed by atoms with E-state index in [1.807, 2.05) is 54.6 Å². The summed E-state index contributed by atoms with van der Waals surface area (Å²) in [6.07, 6.45) is 1.97. The van der Waals surface area contributed by atoms with Crippen molar-refractivity contribution in [1.82, 2.24) is 5.01 Å². The van der Waals surface area contributed by atoms with Gasteiger partial charge in [0.05, 0.1) is 19.9 Å². The summed E-state index contributed by atoms with van der Waals surface area (Å²) in [6, 6.07) is 18.6. The van der Waals surface area contributed by atoms with Crippen molar-refractivity contribution in [2.75, 3.05) is 26.2 Å². The maximum atomic E-state index is 14.7.